The van der Waals surface area contributed by atoms with Crippen LogP contribution in [-0.4, -0.2) is 32.0 Å². The predicted molar refractivity (Wildman–Crippen MR) is 79.1 cm³/mol. The number of nitrogens with zero attached hydrogens (tertiary/aromatic N) is 3. The quantitative estimate of drug-likeness (QED) is 0.828. The lowest BCUT2D eigenvalue weighted by Gasteiger charge is -2.11. The lowest BCUT2D eigenvalue weighted by atomic mass is 10.3. The lowest BCUT2D eigenvalue weighted by Crippen LogP contribution is -2.39. The summed E-state index contributed by atoms with van der Waals surface area (Å²) in [4.78, 5) is 22.4. The van der Waals surface area contributed by atoms with E-state index in [0.29, 0.717) is 11.0 Å². The number of para-hydroxylation sites is 1. The van der Waals surface area contributed by atoms with Crippen LogP contribution in [0.15, 0.2) is 35.5 Å². The molecule has 0 spiro atoms. The van der Waals surface area contributed by atoms with Crippen molar-refractivity contribution in [3.63, 3.8) is 0 Å². The van der Waals surface area contributed by atoms with E-state index in [-0.39, 0.29) is 0 Å². The number of rotatable bonds is 4. The fraction of sp³-hybridized carbons (Fsp3) is 0.231. The molecule has 3 N–H and O–H groups in total. The Kier molecular flexibility index (Phi) is 4.59. The Labute approximate surface area is 125 Å². The van der Waals surface area contributed by atoms with Gasteiger partial charge in [0, 0.05) is 5.69 Å². The van der Waals surface area contributed by atoms with E-state index in [0.717, 1.165) is 5.69 Å². The van der Waals surface area contributed by atoms with Crippen LogP contribution in [0.25, 0.3) is 5.69 Å². The molecule has 0 fully saturated rings. The van der Waals surface area contributed by atoms with Gasteiger partial charge in [-0.1, -0.05) is 30.0 Å². The number of benzene rings is 1. The molecule has 21 heavy (non-hydrogen) atoms. The first-order valence-electron chi connectivity index (χ1n) is 6.23. The van der Waals surface area contributed by atoms with Crippen LogP contribution in [0, 0.1) is 6.92 Å². The third kappa shape index (κ3) is 3.60. The first kappa shape index (κ1) is 15.0. The highest BCUT2D eigenvalue weighted by Gasteiger charge is 2.20. The highest BCUT2D eigenvalue weighted by molar-refractivity contribution is 8.00. The van der Waals surface area contributed by atoms with E-state index in [2.05, 4.69) is 15.5 Å². The van der Waals surface area contributed by atoms with Crippen molar-refractivity contribution in [3.05, 3.63) is 36.2 Å². The summed E-state index contributed by atoms with van der Waals surface area (Å²) in [6.07, 6.45) is 0. The zero-order valence-electron chi connectivity index (χ0n) is 11.6. The van der Waals surface area contributed by atoms with Gasteiger partial charge in [0.15, 0.2) is 5.16 Å². The average Bonchev–Trinajstić information content (AvgIpc) is 2.80. The molecule has 1 unspecified atom stereocenters. The van der Waals surface area contributed by atoms with E-state index in [9.17, 15) is 9.59 Å². The molecule has 1 heterocycles. The molecule has 1 aromatic heterocycles. The van der Waals surface area contributed by atoms with Gasteiger partial charge in [-0.05, 0) is 26.0 Å². The topological polar surface area (TPSA) is 103 Å². The van der Waals surface area contributed by atoms with E-state index in [1.165, 1.54) is 11.8 Å². The molecule has 1 atom stereocenters. The van der Waals surface area contributed by atoms with Crippen LogP contribution >= 0.6 is 11.8 Å². The van der Waals surface area contributed by atoms with E-state index in [1.807, 2.05) is 41.8 Å². The molecule has 0 saturated heterocycles. The van der Waals surface area contributed by atoms with Gasteiger partial charge in [-0.2, -0.15) is 0 Å². The smallest absolute Gasteiger partial charge is 0.318 e. The van der Waals surface area contributed by atoms with Crippen molar-refractivity contribution in [1.29, 1.82) is 0 Å². The van der Waals surface area contributed by atoms with E-state index in [4.69, 9.17) is 5.73 Å². The maximum Gasteiger partial charge on any atom is 0.318 e. The maximum absolute atomic E-state index is 11.7. The van der Waals surface area contributed by atoms with Crippen LogP contribution in [0.1, 0.15) is 12.7 Å². The van der Waals surface area contributed by atoms with Gasteiger partial charge < -0.3 is 5.73 Å². The molecule has 2 rings (SSSR count). The Morgan fingerprint density at radius 1 is 1.29 bits per heavy atom. The van der Waals surface area contributed by atoms with E-state index < -0.39 is 17.2 Å². The van der Waals surface area contributed by atoms with Crippen molar-refractivity contribution < 1.29 is 9.59 Å². The standard InChI is InChI=1S/C13H15N5O2S/c1-8(11(19)15-12(14)20)21-13-17-16-9(2)18(13)10-6-4-3-5-7-10/h3-8H,1-2H3,(H3,14,15,19,20). The summed E-state index contributed by atoms with van der Waals surface area (Å²) in [6, 6.07) is 8.72. The average molecular weight is 305 g/mol. The van der Waals surface area contributed by atoms with Crippen LogP contribution in [0.2, 0.25) is 0 Å². The highest BCUT2D eigenvalue weighted by Crippen LogP contribution is 2.25. The zero-order valence-corrected chi connectivity index (χ0v) is 12.4. The van der Waals surface area contributed by atoms with Gasteiger partial charge >= 0.3 is 6.03 Å². The molecule has 7 nitrogen and oxygen atoms in total. The molecule has 8 heteroatoms. The number of amides is 3. The number of hydrogen-bond acceptors (Lipinski definition) is 5. The first-order valence-corrected chi connectivity index (χ1v) is 7.11. The summed E-state index contributed by atoms with van der Waals surface area (Å²) < 4.78 is 1.85. The van der Waals surface area contributed by atoms with Gasteiger partial charge in [0.25, 0.3) is 0 Å². The molecule has 0 aliphatic rings. The fourth-order valence-electron chi connectivity index (χ4n) is 1.73. The minimum Gasteiger partial charge on any atom is -0.351 e. The number of primary amides is 1. The second-order valence-electron chi connectivity index (χ2n) is 4.31. The predicted octanol–water partition coefficient (Wildman–Crippen LogP) is 1.25. The van der Waals surface area contributed by atoms with Crippen molar-refractivity contribution in [3.8, 4) is 5.69 Å². The summed E-state index contributed by atoms with van der Waals surface area (Å²) in [5.74, 6) is 0.249. The summed E-state index contributed by atoms with van der Waals surface area (Å²) in [5, 5.41) is 10.2. The van der Waals surface area contributed by atoms with Crippen molar-refractivity contribution in [2.24, 2.45) is 5.73 Å². The van der Waals surface area contributed by atoms with Crippen LogP contribution < -0.4 is 11.1 Å². The summed E-state index contributed by atoms with van der Waals surface area (Å²) in [5.41, 5.74) is 5.84. The number of imide groups is 1. The highest BCUT2D eigenvalue weighted by atomic mass is 32.2. The Hall–Kier alpha value is -2.35. The molecular weight excluding hydrogens is 290 g/mol. The third-order valence-electron chi connectivity index (χ3n) is 2.71. The van der Waals surface area contributed by atoms with Crippen molar-refractivity contribution in [1.82, 2.24) is 20.1 Å². The molecule has 110 valence electrons. The van der Waals surface area contributed by atoms with Crippen molar-refractivity contribution >= 4 is 23.7 Å². The molecule has 0 radical (unpaired) electrons. The monoisotopic (exact) mass is 305 g/mol. The zero-order chi connectivity index (χ0) is 15.4. The molecular formula is C13H15N5O2S. The number of carbonyl (C=O) groups is 2. The first-order chi connectivity index (χ1) is 9.99. The van der Waals surface area contributed by atoms with E-state index >= 15 is 0 Å². The minimum atomic E-state index is -0.867. The number of thioether (sulfide) groups is 1. The second kappa shape index (κ2) is 6.40. The Bertz CT molecular complexity index is 656. The summed E-state index contributed by atoms with van der Waals surface area (Å²) in [7, 11) is 0. The van der Waals surface area contributed by atoms with Crippen LogP contribution in [-0.2, 0) is 4.79 Å². The molecule has 2 aromatic rings. The van der Waals surface area contributed by atoms with Crippen molar-refractivity contribution in [2.75, 3.05) is 0 Å². The van der Waals surface area contributed by atoms with Crippen LogP contribution in [0.4, 0.5) is 4.79 Å². The molecule has 0 aliphatic carbocycles. The number of urea groups is 1. The Balaban J connectivity index is 2.22. The Morgan fingerprint density at radius 2 is 1.95 bits per heavy atom. The molecule has 1 aromatic carbocycles. The molecule has 0 aliphatic heterocycles. The molecule has 3 amide bonds. The van der Waals surface area contributed by atoms with Crippen LogP contribution in [0.3, 0.4) is 0 Å². The number of nitrogens with two attached hydrogens (primary N) is 1. The largest absolute Gasteiger partial charge is 0.351 e. The van der Waals surface area contributed by atoms with Gasteiger partial charge in [0.2, 0.25) is 5.91 Å². The summed E-state index contributed by atoms with van der Waals surface area (Å²) >= 11 is 1.21. The van der Waals surface area contributed by atoms with Gasteiger partial charge in [-0.25, -0.2) is 4.79 Å². The normalized spacial score (nSPS) is 11.9. The van der Waals surface area contributed by atoms with Gasteiger partial charge in [-0.3, -0.25) is 14.7 Å². The van der Waals surface area contributed by atoms with Crippen molar-refractivity contribution in [2.45, 2.75) is 24.3 Å². The number of aryl methyl sites for hydroxylation is 1. The van der Waals surface area contributed by atoms with Gasteiger partial charge in [-0.15, -0.1) is 10.2 Å². The summed E-state index contributed by atoms with van der Waals surface area (Å²) in [6.45, 7) is 3.50. The number of aromatic nitrogens is 3. The fourth-order valence-corrected chi connectivity index (χ4v) is 2.64. The number of carbonyl (C=O) groups excluding carboxylic acids is 2. The third-order valence-corrected chi connectivity index (χ3v) is 3.75. The number of nitrogens with one attached hydrogen (secondary N) is 1. The molecule has 0 saturated carbocycles. The second-order valence-corrected chi connectivity index (χ2v) is 5.62. The Morgan fingerprint density at radius 3 is 2.57 bits per heavy atom. The minimum absolute atomic E-state index is 0.465. The molecule has 0 bridgehead atoms. The van der Waals surface area contributed by atoms with E-state index in [1.54, 1.807) is 6.92 Å². The SMILES string of the molecule is Cc1nnc(SC(C)C(=O)NC(N)=O)n1-c1ccccc1. The lowest BCUT2D eigenvalue weighted by molar-refractivity contribution is -0.119. The van der Waals surface area contributed by atoms with Gasteiger partial charge in [0.05, 0.1) is 5.25 Å². The van der Waals surface area contributed by atoms with Crippen LogP contribution in [0.5, 0.6) is 0 Å². The maximum atomic E-state index is 11.7. The number of hydrogen-bond donors (Lipinski definition) is 2. The van der Waals surface area contributed by atoms with Gasteiger partial charge in [0.1, 0.15) is 5.82 Å².